The van der Waals surface area contributed by atoms with Crippen molar-refractivity contribution >= 4 is 76.2 Å². The minimum Gasteiger partial charge on any atom is -0.493 e. The highest BCUT2D eigenvalue weighted by Crippen LogP contribution is 2.37. The number of aromatic amines is 3. The SMILES string of the molecule is CC(C)(C)c1ccc2c(c1)CCO2.CC(C)(C)c1ccc2c(c1)S(=O)(=O)C=C2.CC(C)(C)c1ccc2nc[nH]c2c1.CC(C)(C)c1cccc2c1CCC2.CC(C)(C)c1cccn2ncnc12.CC(C)(C)c1nc2ccccc2[nH]1.Cc1cc2nc(C(C)(C)C)[nH]c2cc1C.Cc1nc2cc(C(C)(C)C)ccc2s1. The Morgan fingerprint density at radius 2 is 1.04 bits per heavy atom. The molecule has 16 rings (SSSR count). The minimum atomic E-state index is -3.17. The molecule has 578 valence electrons. The van der Waals surface area contributed by atoms with Gasteiger partial charge in [0.05, 0.1) is 66.2 Å². The summed E-state index contributed by atoms with van der Waals surface area (Å²) in [4.78, 5) is 32.4. The first-order chi connectivity index (χ1) is 50.5. The number of aryl methyl sites for hydroxylation is 4. The Hall–Kier alpha value is -9.05. The zero-order valence-corrected chi connectivity index (χ0v) is 72.0. The van der Waals surface area contributed by atoms with Crippen LogP contribution in [-0.2, 0) is 72.4 Å². The van der Waals surface area contributed by atoms with Crippen LogP contribution in [-0.4, -0.2) is 64.5 Å². The molecule has 109 heavy (non-hydrogen) atoms. The Labute approximate surface area is 655 Å². The van der Waals surface area contributed by atoms with Gasteiger partial charge in [-0.15, -0.1) is 11.3 Å². The largest absolute Gasteiger partial charge is 0.493 e. The molecule has 13 aromatic rings. The van der Waals surface area contributed by atoms with Gasteiger partial charge in [0.2, 0.25) is 0 Å². The summed E-state index contributed by atoms with van der Waals surface area (Å²) in [6, 6.07) is 48.5. The van der Waals surface area contributed by atoms with E-state index in [2.05, 4.69) is 329 Å². The molecule has 15 heteroatoms. The second-order valence-corrected chi connectivity index (χ2v) is 40.5. The Morgan fingerprint density at radius 3 is 1.68 bits per heavy atom. The molecule has 0 amide bonds. The number of rotatable bonds is 0. The maximum absolute atomic E-state index is 11.6. The van der Waals surface area contributed by atoms with Gasteiger partial charge in [-0.3, -0.25) is 0 Å². The summed E-state index contributed by atoms with van der Waals surface area (Å²) >= 11 is 1.76. The summed E-state index contributed by atoms with van der Waals surface area (Å²) < 4.78 is 31.9. The van der Waals surface area contributed by atoms with Gasteiger partial charge >= 0.3 is 0 Å². The number of imidazole rings is 3. The van der Waals surface area contributed by atoms with Crippen molar-refractivity contribution in [1.82, 2.24) is 49.5 Å². The van der Waals surface area contributed by atoms with Gasteiger partial charge in [0, 0.05) is 34.4 Å². The molecule has 0 saturated carbocycles. The Balaban J connectivity index is 0.000000144. The van der Waals surface area contributed by atoms with Gasteiger partial charge < -0.3 is 19.7 Å². The molecule has 8 heterocycles. The quantitative estimate of drug-likeness (QED) is 0.134. The number of thiazole rings is 1. The fourth-order valence-electron chi connectivity index (χ4n) is 12.9. The number of nitrogens with zero attached hydrogens (tertiary/aromatic N) is 7. The lowest BCUT2D eigenvalue weighted by Crippen LogP contribution is -2.13. The van der Waals surface area contributed by atoms with Crippen LogP contribution in [0.3, 0.4) is 0 Å². The molecule has 13 nitrogen and oxygen atoms in total. The molecule has 0 fully saturated rings. The van der Waals surface area contributed by atoms with Crippen LogP contribution in [0, 0.1) is 20.8 Å². The van der Waals surface area contributed by atoms with Crippen molar-refractivity contribution in [2.24, 2.45) is 0 Å². The highest BCUT2D eigenvalue weighted by atomic mass is 32.2. The van der Waals surface area contributed by atoms with Crippen molar-refractivity contribution in [3.8, 4) is 5.75 Å². The molecule has 0 atom stereocenters. The maximum Gasteiger partial charge on any atom is 0.200 e. The van der Waals surface area contributed by atoms with Crippen LogP contribution in [0.4, 0.5) is 0 Å². The Bertz CT molecular complexity index is 5340. The number of hydrogen-bond donors (Lipinski definition) is 3. The molecule has 0 radical (unpaired) electrons. The molecule has 0 unspecified atom stereocenters. The molecule has 3 N–H and O–H groups in total. The van der Waals surface area contributed by atoms with E-state index in [1.807, 2.05) is 42.6 Å². The van der Waals surface area contributed by atoms with Crippen molar-refractivity contribution < 1.29 is 13.2 Å². The van der Waals surface area contributed by atoms with Gasteiger partial charge in [0.15, 0.2) is 15.5 Å². The van der Waals surface area contributed by atoms with E-state index >= 15 is 0 Å². The number of fused-ring (bicyclic) bond motifs is 8. The first-order valence-electron chi connectivity index (χ1n) is 38.5. The number of pyridine rings is 1. The summed E-state index contributed by atoms with van der Waals surface area (Å²) in [6.07, 6.45) is 11.9. The minimum absolute atomic E-state index is 0.0207. The van der Waals surface area contributed by atoms with Crippen molar-refractivity contribution in [2.75, 3.05) is 6.61 Å². The lowest BCUT2D eigenvalue weighted by Gasteiger charge is -2.22. The maximum atomic E-state index is 11.6. The van der Waals surface area contributed by atoms with Gasteiger partial charge in [0.1, 0.15) is 23.7 Å². The summed E-state index contributed by atoms with van der Waals surface area (Å²) in [7, 11) is -3.17. The van der Waals surface area contributed by atoms with E-state index in [0.717, 1.165) is 90.8 Å². The van der Waals surface area contributed by atoms with Gasteiger partial charge in [-0.2, -0.15) is 5.10 Å². The van der Waals surface area contributed by atoms with E-state index in [9.17, 15) is 8.42 Å². The Morgan fingerprint density at radius 1 is 0.459 bits per heavy atom. The second kappa shape index (κ2) is 32.9. The number of sulfone groups is 1. The lowest BCUT2D eigenvalue weighted by atomic mass is 9.83. The average Bonchev–Trinajstić information content (AvgIpc) is 1.65. The predicted molar refractivity (Wildman–Crippen MR) is 461 cm³/mol. The van der Waals surface area contributed by atoms with E-state index < -0.39 is 9.84 Å². The first-order valence-corrected chi connectivity index (χ1v) is 40.9. The molecule has 7 aromatic carbocycles. The topological polar surface area (TPSA) is 172 Å². The standard InChI is InChI=1S/C13H18N2.C13H18.C12H15NS.C12H14O2S.C12H16O.2C11H14N2.C10H13N3/c1-8-6-10-11(7-9(8)2)15-12(14-10)13(3,4)5;1-13(2,3)12-9-5-7-10-6-4-8-11(10)12;1-8-13-10-7-9(12(2,3)4)5-6-11(10)14-8;1-12(2,3)10-5-4-9-6-7-15(13,14)11(9)8-10;1-12(2,3)10-4-5-11-9(8-10)6-7-13-11;1-11(2,3)8-4-5-9-10(6-8)13-7-12-9;1-11(2,3)10-12-8-6-4-5-7-9(8)13-10;1-10(2,3)8-5-4-6-13-9(8)11-7-12-13/h6-7H,1-5H3,(H,14,15);5,7,9H,4,6,8H2,1-3H3;5-7H,1-4H3;4-8H,1-3H3;4-5,8H,6-7H2,1-3H3;2*4-7H,1-3H3,(H,12,13);4-7H,1-3H3. The third kappa shape index (κ3) is 21.9. The van der Waals surface area contributed by atoms with Crippen molar-refractivity contribution in [2.45, 2.75) is 261 Å². The first kappa shape index (κ1) is 84.0. The van der Waals surface area contributed by atoms with Gasteiger partial charge in [-0.25, -0.2) is 37.9 Å². The highest BCUT2D eigenvalue weighted by Gasteiger charge is 2.27. The molecular formula is C94H122N10O3S2. The monoisotopic (exact) mass is 1500 g/mol. The number of H-pyrrole nitrogens is 3. The Kier molecular flexibility index (Phi) is 25.3. The number of aromatic nitrogens is 10. The zero-order valence-electron chi connectivity index (χ0n) is 70.4. The van der Waals surface area contributed by atoms with Crippen LogP contribution in [0.15, 0.2) is 169 Å². The molecule has 0 saturated heterocycles. The normalized spacial score (nSPS) is 13.8. The summed E-state index contributed by atoms with van der Waals surface area (Å²) in [5, 5.41) is 6.51. The molecule has 0 bridgehead atoms. The van der Waals surface area contributed by atoms with E-state index in [1.54, 1.807) is 57.3 Å². The van der Waals surface area contributed by atoms with Crippen LogP contribution in [0.1, 0.15) is 256 Å². The summed E-state index contributed by atoms with van der Waals surface area (Å²) in [5.41, 5.74) is 25.8. The second-order valence-electron chi connectivity index (χ2n) is 37.5. The number of hydrogen-bond acceptors (Lipinski definition) is 10. The number of para-hydroxylation sites is 2. The highest BCUT2D eigenvalue weighted by molar-refractivity contribution is 7.94. The van der Waals surface area contributed by atoms with E-state index in [-0.39, 0.29) is 37.9 Å². The molecule has 2 aliphatic heterocycles. The molecule has 3 aliphatic rings. The van der Waals surface area contributed by atoms with Crippen LogP contribution in [0.2, 0.25) is 0 Å². The fourth-order valence-corrected chi connectivity index (χ4v) is 14.9. The summed E-state index contributed by atoms with van der Waals surface area (Å²) in [6.45, 7) is 59.9. The van der Waals surface area contributed by atoms with Crippen molar-refractivity contribution in [3.05, 3.63) is 247 Å². The molecular weight excluding hydrogens is 1380 g/mol. The van der Waals surface area contributed by atoms with Gasteiger partial charge in [0.25, 0.3) is 0 Å². The van der Waals surface area contributed by atoms with E-state index in [1.165, 1.54) is 68.3 Å². The van der Waals surface area contributed by atoms with Crippen molar-refractivity contribution in [1.29, 1.82) is 0 Å². The lowest BCUT2D eigenvalue weighted by molar-refractivity contribution is 0.356. The molecule has 1 aliphatic carbocycles. The van der Waals surface area contributed by atoms with Crippen molar-refractivity contribution in [3.63, 3.8) is 0 Å². The van der Waals surface area contributed by atoms with Gasteiger partial charge in [-0.05, 0) is 207 Å². The van der Waals surface area contributed by atoms with E-state index in [4.69, 9.17) is 4.74 Å². The number of ether oxygens (including phenoxy) is 1. The van der Waals surface area contributed by atoms with Crippen LogP contribution in [0.25, 0.3) is 55.0 Å². The fraction of sp³-hybridized carbons (Fsp3) is 0.426. The van der Waals surface area contributed by atoms with Gasteiger partial charge in [-0.1, -0.05) is 239 Å². The molecule has 0 spiro atoms. The molecule has 6 aromatic heterocycles. The summed E-state index contributed by atoms with van der Waals surface area (Å²) in [5.74, 6) is 3.18. The average molecular weight is 1500 g/mol. The van der Waals surface area contributed by atoms with Crippen LogP contribution >= 0.6 is 11.3 Å². The number of benzene rings is 7. The smallest absolute Gasteiger partial charge is 0.200 e. The predicted octanol–water partition coefficient (Wildman–Crippen LogP) is 24.3. The third-order valence-corrected chi connectivity index (χ3v) is 22.2. The third-order valence-electron chi connectivity index (χ3n) is 19.8. The zero-order chi connectivity index (χ0) is 80.2. The number of nitrogens with one attached hydrogen (secondary N) is 3. The van der Waals surface area contributed by atoms with Crippen LogP contribution < -0.4 is 4.74 Å². The van der Waals surface area contributed by atoms with E-state index in [0.29, 0.717) is 10.3 Å². The van der Waals surface area contributed by atoms with Crippen LogP contribution in [0.5, 0.6) is 5.75 Å².